The SMILES string of the molecule is COc1ccc(Cn2nc(I)c3ncc(Cl)nc32)cc1. The first-order valence-electron chi connectivity index (χ1n) is 5.85. The Morgan fingerprint density at radius 1 is 1.30 bits per heavy atom. The van der Waals surface area contributed by atoms with Crippen LogP contribution >= 0.6 is 34.2 Å². The molecule has 0 amide bonds. The third-order valence-corrected chi connectivity index (χ3v) is 3.77. The van der Waals surface area contributed by atoms with Gasteiger partial charge in [0.25, 0.3) is 0 Å². The summed E-state index contributed by atoms with van der Waals surface area (Å²) in [6.07, 6.45) is 1.53. The zero-order valence-electron chi connectivity index (χ0n) is 10.5. The third kappa shape index (κ3) is 2.57. The van der Waals surface area contributed by atoms with Crippen LogP contribution in [0.3, 0.4) is 0 Å². The van der Waals surface area contributed by atoms with Crippen molar-refractivity contribution in [2.24, 2.45) is 0 Å². The fourth-order valence-corrected chi connectivity index (χ4v) is 2.67. The Morgan fingerprint density at radius 3 is 2.75 bits per heavy atom. The average Bonchev–Trinajstić information content (AvgIpc) is 2.76. The Kier molecular flexibility index (Phi) is 3.75. The first kappa shape index (κ1) is 13.6. The van der Waals surface area contributed by atoms with Gasteiger partial charge in [-0.3, -0.25) is 0 Å². The maximum absolute atomic E-state index is 5.91. The maximum atomic E-state index is 5.91. The molecule has 0 radical (unpaired) electrons. The molecule has 7 heteroatoms. The van der Waals surface area contributed by atoms with Gasteiger partial charge in [-0.1, -0.05) is 23.7 Å². The standard InChI is InChI=1S/C13H10ClIN4O/c1-20-9-4-2-8(3-5-9)7-19-13-11(12(15)18-19)16-6-10(14)17-13/h2-6H,7H2,1H3. The zero-order chi connectivity index (χ0) is 14.1. The molecule has 0 aliphatic rings. The van der Waals surface area contributed by atoms with Crippen molar-refractivity contribution in [1.29, 1.82) is 0 Å². The van der Waals surface area contributed by atoms with E-state index < -0.39 is 0 Å². The summed E-state index contributed by atoms with van der Waals surface area (Å²) in [6.45, 7) is 0.610. The second kappa shape index (κ2) is 5.53. The van der Waals surface area contributed by atoms with E-state index in [9.17, 15) is 0 Å². The summed E-state index contributed by atoms with van der Waals surface area (Å²) in [5, 5.41) is 4.82. The van der Waals surface area contributed by atoms with Crippen molar-refractivity contribution in [2.45, 2.75) is 6.54 Å². The largest absolute Gasteiger partial charge is 0.497 e. The van der Waals surface area contributed by atoms with Gasteiger partial charge in [0.15, 0.2) is 9.35 Å². The molecule has 0 saturated carbocycles. The lowest BCUT2D eigenvalue weighted by molar-refractivity contribution is 0.414. The van der Waals surface area contributed by atoms with E-state index in [2.05, 4.69) is 37.7 Å². The highest BCUT2D eigenvalue weighted by molar-refractivity contribution is 14.1. The second-order valence-corrected chi connectivity index (χ2v) is 5.57. The fraction of sp³-hybridized carbons (Fsp3) is 0.154. The summed E-state index contributed by atoms with van der Waals surface area (Å²) < 4.78 is 7.76. The lowest BCUT2D eigenvalue weighted by Gasteiger charge is -2.04. The number of rotatable bonds is 3. The molecular formula is C13H10ClIN4O. The van der Waals surface area contributed by atoms with Crippen molar-refractivity contribution in [3.63, 3.8) is 0 Å². The second-order valence-electron chi connectivity index (χ2n) is 4.16. The van der Waals surface area contributed by atoms with Crippen molar-refractivity contribution in [3.05, 3.63) is 44.9 Å². The minimum Gasteiger partial charge on any atom is -0.497 e. The van der Waals surface area contributed by atoms with E-state index >= 15 is 0 Å². The van der Waals surface area contributed by atoms with Crippen LogP contribution in [0.4, 0.5) is 0 Å². The topological polar surface area (TPSA) is 52.8 Å². The summed E-state index contributed by atoms with van der Waals surface area (Å²) in [5.74, 6) is 0.830. The third-order valence-electron chi connectivity index (χ3n) is 2.86. The molecular weight excluding hydrogens is 391 g/mol. The molecule has 0 aliphatic heterocycles. The summed E-state index contributed by atoms with van der Waals surface area (Å²) in [4.78, 5) is 8.56. The molecule has 0 fully saturated rings. The van der Waals surface area contributed by atoms with Gasteiger partial charge >= 0.3 is 0 Å². The number of nitrogens with zero attached hydrogens (tertiary/aromatic N) is 4. The first-order chi connectivity index (χ1) is 9.67. The number of halogens is 2. The minimum absolute atomic E-state index is 0.366. The molecule has 0 N–H and O–H groups in total. The predicted octanol–water partition coefficient (Wildman–Crippen LogP) is 3.14. The minimum atomic E-state index is 0.366. The van der Waals surface area contributed by atoms with Crippen LogP contribution in [-0.4, -0.2) is 26.9 Å². The lowest BCUT2D eigenvalue weighted by atomic mass is 10.2. The summed E-state index contributed by atoms with van der Waals surface area (Å²) in [5.41, 5.74) is 2.56. The van der Waals surface area contributed by atoms with Crippen molar-refractivity contribution in [1.82, 2.24) is 19.7 Å². The van der Waals surface area contributed by atoms with E-state index in [1.165, 1.54) is 6.20 Å². The summed E-state index contributed by atoms with van der Waals surface area (Å²) >= 11 is 8.06. The number of fused-ring (bicyclic) bond motifs is 1. The van der Waals surface area contributed by atoms with E-state index in [0.29, 0.717) is 17.3 Å². The molecule has 3 rings (SSSR count). The summed E-state index contributed by atoms with van der Waals surface area (Å²) in [6, 6.07) is 7.84. The predicted molar refractivity (Wildman–Crippen MR) is 85.1 cm³/mol. The molecule has 2 aromatic heterocycles. The molecule has 1 aromatic carbocycles. The number of ether oxygens (including phenoxy) is 1. The number of hydrogen-bond acceptors (Lipinski definition) is 4. The number of methoxy groups -OCH3 is 1. The Balaban J connectivity index is 1.99. The molecule has 0 saturated heterocycles. The van der Waals surface area contributed by atoms with Crippen LogP contribution in [0.25, 0.3) is 11.2 Å². The van der Waals surface area contributed by atoms with Crippen LogP contribution in [0.5, 0.6) is 5.75 Å². The van der Waals surface area contributed by atoms with Crippen LogP contribution in [0.2, 0.25) is 5.15 Å². The highest BCUT2D eigenvalue weighted by Gasteiger charge is 2.12. The molecule has 20 heavy (non-hydrogen) atoms. The van der Waals surface area contributed by atoms with Crippen LogP contribution in [0, 0.1) is 3.70 Å². The quantitative estimate of drug-likeness (QED) is 0.634. The maximum Gasteiger partial charge on any atom is 0.179 e. The molecule has 2 heterocycles. The first-order valence-corrected chi connectivity index (χ1v) is 7.30. The van der Waals surface area contributed by atoms with E-state index in [0.717, 1.165) is 20.5 Å². The number of benzene rings is 1. The zero-order valence-corrected chi connectivity index (χ0v) is 13.5. The van der Waals surface area contributed by atoms with E-state index in [-0.39, 0.29) is 0 Å². The van der Waals surface area contributed by atoms with Gasteiger partial charge in [-0.15, -0.1) is 0 Å². The molecule has 0 unspecified atom stereocenters. The van der Waals surface area contributed by atoms with Gasteiger partial charge in [0.05, 0.1) is 19.9 Å². The molecule has 0 atom stereocenters. The number of aromatic nitrogens is 4. The van der Waals surface area contributed by atoms with Crippen LogP contribution in [0.15, 0.2) is 30.5 Å². The monoisotopic (exact) mass is 400 g/mol. The van der Waals surface area contributed by atoms with Crippen molar-refractivity contribution in [2.75, 3.05) is 7.11 Å². The average molecular weight is 401 g/mol. The van der Waals surface area contributed by atoms with E-state index in [4.69, 9.17) is 16.3 Å². The van der Waals surface area contributed by atoms with Crippen LogP contribution in [0.1, 0.15) is 5.56 Å². The van der Waals surface area contributed by atoms with Gasteiger partial charge in [-0.05, 0) is 40.3 Å². The fourth-order valence-electron chi connectivity index (χ4n) is 1.90. The molecule has 0 aliphatic carbocycles. The molecule has 102 valence electrons. The Labute approximate surface area is 134 Å². The Hall–Kier alpha value is -1.41. The summed E-state index contributed by atoms with van der Waals surface area (Å²) in [7, 11) is 1.65. The van der Waals surface area contributed by atoms with Gasteiger partial charge < -0.3 is 4.74 Å². The van der Waals surface area contributed by atoms with Gasteiger partial charge in [0.1, 0.15) is 16.4 Å². The highest BCUT2D eigenvalue weighted by atomic mass is 127. The Bertz CT molecular complexity index is 757. The lowest BCUT2D eigenvalue weighted by Crippen LogP contribution is -2.03. The molecule has 3 aromatic rings. The van der Waals surface area contributed by atoms with Crippen LogP contribution in [-0.2, 0) is 6.54 Å². The van der Waals surface area contributed by atoms with Crippen molar-refractivity contribution >= 4 is 45.4 Å². The van der Waals surface area contributed by atoms with E-state index in [1.807, 2.05) is 24.3 Å². The van der Waals surface area contributed by atoms with Gasteiger partial charge in [0, 0.05) is 0 Å². The van der Waals surface area contributed by atoms with Gasteiger partial charge in [-0.25, -0.2) is 14.6 Å². The number of hydrogen-bond donors (Lipinski definition) is 0. The molecule has 5 nitrogen and oxygen atoms in total. The van der Waals surface area contributed by atoms with Gasteiger partial charge in [0.2, 0.25) is 0 Å². The molecule has 0 spiro atoms. The van der Waals surface area contributed by atoms with Crippen molar-refractivity contribution in [3.8, 4) is 5.75 Å². The van der Waals surface area contributed by atoms with Crippen molar-refractivity contribution < 1.29 is 4.74 Å². The van der Waals surface area contributed by atoms with Gasteiger partial charge in [-0.2, -0.15) is 5.10 Å². The Morgan fingerprint density at radius 2 is 2.05 bits per heavy atom. The highest BCUT2D eigenvalue weighted by Crippen LogP contribution is 2.20. The van der Waals surface area contributed by atoms with E-state index in [1.54, 1.807) is 11.8 Å². The smallest absolute Gasteiger partial charge is 0.179 e. The normalized spacial score (nSPS) is 10.9. The molecule has 0 bridgehead atoms. The van der Waals surface area contributed by atoms with Crippen LogP contribution < -0.4 is 4.74 Å².